The van der Waals surface area contributed by atoms with Crippen molar-refractivity contribution >= 4 is 10.0 Å². The van der Waals surface area contributed by atoms with Gasteiger partial charge in [0.2, 0.25) is 21.7 Å². The van der Waals surface area contributed by atoms with Crippen LogP contribution >= 0.6 is 0 Å². The molecule has 0 aliphatic carbocycles. The second kappa shape index (κ2) is 9.13. The molecule has 0 N–H and O–H groups in total. The number of hydrogen-bond donors (Lipinski definition) is 0. The number of rotatable bonds is 7. The standard InChI is InChI=1S/C22H30N6O3S/c1-16-7-9-19(10-8-16)22-23-20(31-25-22)6-5-11-27-12-14-28(15-13-27)32(29,30)21-17(2)24-26(4)18(21)3/h7-10H,5-6,11-15H2,1-4H3. The Balaban J connectivity index is 1.27. The van der Waals surface area contributed by atoms with Crippen molar-refractivity contribution in [3.8, 4) is 11.4 Å². The molecule has 172 valence electrons. The molecule has 1 aliphatic heterocycles. The van der Waals surface area contributed by atoms with Gasteiger partial charge in [0.15, 0.2) is 0 Å². The molecule has 1 aromatic carbocycles. The Morgan fingerprint density at radius 1 is 1.03 bits per heavy atom. The van der Waals surface area contributed by atoms with Gasteiger partial charge in [0.1, 0.15) is 4.90 Å². The maximum Gasteiger partial charge on any atom is 0.246 e. The zero-order chi connectivity index (χ0) is 22.9. The molecule has 1 fully saturated rings. The van der Waals surface area contributed by atoms with Gasteiger partial charge in [0, 0.05) is 45.2 Å². The Hall–Kier alpha value is -2.56. The summed E-state index contributed by atoms with van der Waals surface area (Å²) in [5.74, 6) is 1.24. The van der Waals surface area contributed by atoms with E-state index in [1.165, 1.54) is 5.56 Å². The second-order valence-corrected chi connectivity index (χ2v) is 10.2. The third-order valence-electron chi connectivity index (χ3n) is 6.01. The SMILES string of the molecule is Cc1ccc(-c2noc(CCCN3CCN(S(=O)(=O)c4c(C)nn(C)c4C)CC3)n2)cc1. The molecular formula is C22H30N6O3S. The van der Waals surface area contributed by atoms with Gasteiger partial charge in [-0.2, -0.15) is 14.4 Å². The third kappa shape index (κ3) is 4.62. The summed E-state index contributed by atoms with van der Waals surface area (Å²) in [5.41, 5.74) is 3.37. The minimum Gasteiger partial charge on any atom is -0.339 e. The summed E-state index contributed by atoms with van der Waals surface area (Å²) in [7, 11) is -1.76. The summed E-state index contributed by atoms with van der Waals surface area (Å²) >= 11 is 0. The van der Waals surface area contributed by atoms with Gasteiger partial charge in [-0.3, -0.25) is 4.68 Å². The number of piperazine rings is 1. The van der Waals surface area contributed by atoms with Crippen LogP contribution in [0.1, 0.15) is 29.3 Å². The Bertz CT molecular complexity index is 1170. The monoisotopic (exact) mass is 458 g/mol. The van der Waals surface area contributed by atoms with Crippen molar-refractivity contribution in [1.29, 1.82) is 0 Å². The summed E-state index contributed by atoms with van der Waals surface area (Å²) in [6, 6.07) is 8.04. The molecule has 0 spiro atoms. The number of benzene rings is 1. The first-order chi connectivity index (χ1) is 15.3. The highest BCUT2D eigenvalue weighted by atomic mass is 32.2. The lowest BCUT2D eigenvalue weighted by Crippen LogP contribution is -2.48. The average molecular weight is 459 g/mol. The Morgan fingerprint density at radius 3 is 2.34 bits per heavy atom. The van der Waals surface area contributed by atoms with E-state index in [-0.39, 0.29) is 0 Å². The normalized spacial score (nSPS) is 16.0. The summed E-state index contributed by atoms with van der Waals surface area (Å²) in [6.45, 7) is 8.82. The quantitative estimate of drug-likeness (QED) is 0.536. The van der Waals surface area contributed by atoms with Crippen LogP contribution in [0.3, 0.4) is 0 Å². The van der Waals surface area contributed by atoms with Gasteiger partial charge in [-0.15, -0.1) is 0 Å². The van der Waals surface area contributed by atoms with E-state index in [1.54, 1.807) is 29.9 Å². The van der Waals surface area contributed by atoms with Gasteiger partial charge in [-0.1, -0.05) is 35.0 Å². The van der Waals surface area contributed by atoms with Gasteiger partial charge in [0.25, 0.3) is 0 Å². The van der Waals surface area contributed by atoms with Gasteiger partial charge >= 0.3 is 0 Å². The fourth-order valence-corrected chi connectivity index (χ4v) is 5.90. The number of sulfonamides is 1. The first kappa shape index (κ1) is 22.6. The fraction of sp³-hybridized carbons (Fsp3) is 0.500. The molecule has 1 saturated heterocycles. The number of aryl methyl sites for hydroxylation is 4. The molecule has 0 amide bonds. The third-order valence-corrected chi connectivity index (χ3v) is 8.17. The predicted octanol–water partition coefficient (Wildman–Crippen LogP) is 2.33. The van der Waals surface area contributed by atoms with Gasteiger partial charge < -0.3 is 9.42 Å². The molecule has 0 atom stereocenters. The van der Waals surface area contributed by atoms with Crippen molar-refractivity contribution in [3.05, 3.63) is 47.1 Å². The molecule has 9 nitrogen and oxygen atoms in total. The maximum atomic E-state index is 13.1. The highest BCUT2D eigenvalue weighted by Crippen LogP contribution is 2.24. The van der Waals surface area contributed by atoms with Crippen LogP contribution in [0.4, 0.5) is 0 Å². The molecule has 1 aliphatic rings. The van der Waals surface area contributed by atoms with E-state index in [0.29, 0.717) is 60.6 Å². The predicted molar refractivity (Wildman–Crippen MR) is 121 cm³/mol. The van der Waals surface area contributed by atoms with Crippen molar-refractivity contribution in [3.63, 3.8) is 0 Å². The molecule has 3 aromatic rings. The van der Waals surface area contributed by atoms with Crippen LogP contribution in [-0.4, -0.2) is 70.3 Å². The van der Waals surface area contributed by atoms with Crippen molar-refractivity contribution in [2.45, 2.75) is 38.5 Å². The molecular weight excluding hydrogens is 428 g/mol. The van der Waals surface area contributed by atoms with Crippen LogP contribution in [0.15, 0.2) is 33.7 Å². The van der Waals surface area contributed by atoms with E-state index in [9.17, 15) is 8.42 Å². The molecule has 10 heteroatoms. The average Bonchev–Trinajstić information content (AvgIpc) is 3.33. The van der Waals surface area contributed by atoms with Crippen molar-refractivity contribution in [1.82, 2.24) is 29.1 Å². The maximum absolute atomic E-state index is 13.1. The molecule has 0 radical (unpaired) electrons. The van der Waals surface area contributed by atoms with Gasteiger partial charge in [-0.25, -0.2) is 8.42 Å². The smallest absolute Gasteiger partial charge is 0.246 e. The van der Waals surface area contributed by atoms with Crippen molar-refractivity contribution < 1.29 is 12.9 Å². The van der Waals surface area contributed by atoms with E-state index in [2.05, 4.69) is 20.1 Å². The highest BCUT2D eigenvalue weighted by molar-refractivity contribution is 7.89. The Kier molecular flexibility index (Phi) is 6.45. The molecule has 32 heavy (non-hydrogen) atoms. The number of hydrogen-bond acceptors (Lipinski definition) is 7. The first-order valence-electron chi connectivity index (χ1n) is 10.9. The summed E-state index contributed by atoms with van der Waals surface area (Å²) in [4.78, 5) is 7.12. The lowest BCUT2D eigenvalue weighted by molar-refractivity contribution is 0.185. The van der Waals surface area contributed by atoms with Crippen LogP contribution in [0.5, 0.6) is 0 Å². The van der Waals surface area contributed by atoms with E-state index in [1.807, 2.05) is 31.2 Å². The molecule has 0 bridgehead atoms. The van der Waals surface area contributed by atoms with Crippen molar-refractivity contribution in [2.24, 2.45) is 7.05 Å². The number of nitrogens with zero attached hydrogens (tertiary/aromatic N) is 6. The molecule has 3 heterocycles. The lowest BCUT2D eigenvalue weighted by Gasteiger charge is -2.33. The van der Waals surface area contributed by atoms with Crippen LogP contribution < -0.4 is 0 Å². The van der Waals surface area contributed by atoms with E-state index in [4.69, 9.17) is 4.52 Å². The number of aromatic nitrogens is 4. The van der Waals surface area contributed by atoms with Crippen LogP contribution in [0.2, 0.25) is 0 Å². The molecule has 4 rings (SSSR count). The van der Waals surface area contributed by atoms with Gasteiger partial charge in [-0.05, 0) is 33.7 Å². The van der Waals surface area contributed by atoms with Crippen LogP contribution in [-0.2, 0) is 23.5 Å². The zero-order valence-electron chi connectivity index (χ0n) is 19.1. The first-order valence-corrected chi connectivity index (χ1v) is 12.3. The van der Waals surface area contributed by atoms with Gasteiger partial charge in [0.05, 0.1) is 11.4 Å². The van der Waals surface area contributed by atoms with E-state index in [0.717, 1.165) is 18.5 Å². The van der Waals surface area contributed by atoms with Crippen molar-refractivity contribution in [2.75, 3.05) is 32.7 Å². The fourth-order valence-electron chi connectivity index (χ4n) is 4.08. The van der Waals surface area contributed by atoms with Crippen LogP contribution in [0.25, 0.3) is 11.4 Å². The Morgan fingerprint density at radius 2 is 1.72 bits per heavy atom. The van der Waals surface area contributed by atoms with E-state index >= 15 is 0 Å². The topological polar surface area (TPSA) is 97.4 Å². The summed E-state index contributed by atoms with van der Waals surface area (Å²) in [5, 5.41) is 8.34. The van der Waals surface area contributed by atoms with Crippen LogP contribution in [0, 0.1) is 20.8 Å². The molecule has 2 aromatic heterocycles. The Labute approximate surface area is 189 Å². The lowest BCUT2D eigenvalue weighted by atomic mass is 10.1. The highest BCUT2D eigenvalue weighted by Gasteiger charge is 2.32. The summed E-state index contributed by atoms with van der Waals surface area (Å²) in [6.07, 6.45) is 1.58. The molecule has 0 unspecified atom stereocenters. The summed E-state index contributed by atoms with van der Waals surface area (Å²) < 4.78 is 34.8. The minimum atomic E-state index is -3.53. The largest absolute Gasteiger partial charge is 0.339 e. The van der Waals surface area contributed by atoms with E-state index < -0.39 is 10.0 Å². The second-order valence-electron chi connectivity index (χ2n) is 8.35. The zero-order valence-corrected chi connectivity index (χ0v) is 19.9. The minimum absolute atomic E-state index is 0.342. The molecule has 0 saturated carbocycles.